The van der Waals surface area contributed by atoms with Crippen molar-refractivity contribution in [3.8, 4) is 5.69 Å². The maximum atomic E-state index is 12.8. The topological polar surface area (TPSA) is 72.2 Å². The number of aromatic carboxylic acids is 1. The number of halogens is 1. The fourth-order valence-corrected chi connectivity index (χ4v) is 3.33. The van der Waals surface area contributed by atoms with Gasteiger partial charge in [-0.3, -0.25) is 9.36 Å². The third kappa shape index (κ3) is 2.74. The van der Waals surface area contributed by atoms with Gasteiger partial charge >= 0.3 is 5.97 Å². The van der Waals surface area contributed by atoms with Gasteiger partial charge in [-0.15, -0.1) is 0 Å². The zero-order valence-corrected chi connectivity index (χ0v) is 14.7. The molecule has 3 aromatic rings. The third-order valence-corrected chi connectivity index (χ3v) is 4.50. The van der Waals surface area contributed by atoms with E-state index in [1.54, 1.807) is 0 Å². The van der Waals surface area contributed by atoms with E-state index >= 15 is 0 Å². The fourth-order valence-electron chi connectivity index (χ4n) is 2.56. The van der Waals surface area contributed by atoms with Gasteiger partial charge in [-0.2, -0.15) is 0 Å². The molecule has 0 amide bonds. The first kappa shape index (κ1) is 15.7. The van der Waals surface area contributed by atoms with Gasteiger partial charge in [0.25, 0.3) is 5.56 Å². The van der Waals surface area contributed by atoms with Gasteiger partial charge < -0.3 is 5.11 Å². The molecule has 23 heavy (non-hydrogen) atoms. The summed E-state index contributed by atoms with van der Waals surface area (Å²) < 4.78 is 2.10. The first-order chi connectivity index (χ1) is 10.9. The van der Waals surface area contributed by atoms with Gasteiger partial charge in [-0.25, -0.2) is 9.78 Å². The Morgan fingerprint density at radius 2 is 1.96 bits per heavy atom. The second-order valence-electron chi connectivity index (χ2n) is 5.37. The molecule has 5 nitrogen and oxygen atoms in total. The number of carboxylic acids is 1. The van der Waals surface area contributed by atoms with Crippen LogP contribution < -0.4 is 5.56 Å². The Balaban J connectivity index is 2.34. The average Bonchev–Trinajstić information content (AvgIpc) is 2.49. The van der Waals surface area contributed by atoms with Crippen LogP contribution in [0.5, 0.6) is 0 Å². The second-order valence-corrected chi connectivity index (χ2v) is 6.53. The van der Waals surface area contributed by atoms with Crippen LogP contribution in [0.3, 0.4) is 0 Å². The van der Waals surface area contributed by atoms with E-state index in [0.717, 1.165) is 16.8 Å². The molecular formula is C17H13IN2O3. The summed E-state index contributed by atoms with van der Waals surface area (Å²) in [4.78, 5) is 28.4. The van der Waals surface area contributed by atoms with Crippen LogP contribution in [0.15, 0.2) is 41.5 Å². The van der Waals surface area contributed by atoms with E-state index in [0.29, 0.717) is 14.5 Å². The zero-order chi connectivity index (χ0) is 16.7. The number of carboxylic acid groups (broad SMARTS) is 1. The highest BCUT2D eigenvalue weighted by Crippen LogP contribution is 2.20. The molecule has 116 valence electrons. The molecule has 0 aliphatic carbocycles. The minimum absolute atomic E-state index is 0.0826. The molecular weight excluding hydrogens is 407 g/mol. The number of aromatic nitrogens is 2. The molecule has 0 fully saturated rings. The summed E-state index contributed by atoms with van der Waals surface area (Å²) in [5.41, 5.74) is 3.13. The summed E-state index contributed by atoms with van der Waals surface area (Å²) in [5, 5.41) is 9.49. The molecule has 0 unspecified atom stereocenters. The fraction of sp³-hybridized carbons (Fsp3) is 0.118. The van der Waals surface area contributed by atoms with Crippen LogP contribution >= 0.6 is 22.6 Å². The highest BCUT2D eigenvalue weighted by Gasteiger charge is 2.14. The predicted octanol–water partition coefficient (Wildman–Crippen LogP) is 3.31. The molecule has 6 heteroatoms. The van der Waals surface area contributed by atoms with Crippen molar-refractivity contribution >= 4 is 39.5 Å². The van der Waals surface area contributed by atoms with Crippen LogP contribution in [-0.4, -0.2) is 20.6 Å². The van der Waals surface area contributed by atoms with Gasteiger partial charge in [0, 0.05) is 3.57 Å². The van der Waals surface area contributed by atoms with E-state index < -0.39 is 5.97 Å². The average molecular weight is 420 g/mol. The lowest BCUT2D eigenvalue weighted by Gasteiger charge is -2.11. The molecule has 1 aromatic heterocycles. The normalized spacial score (nSPS) is 10.9. The van der Waals surface area contributed by atoms with Gasteiger partial charge in [0.1, 0.15) is 6.33 Å². The van der Waals surface area contributed by atoms with E-state index in [4.69, 9.17) is 0 Å². The molecule has 0 saturated heterocycles. The predicted molar refractivity (Wildman–Crippen MR) is 96.5 cm³/mol. The summed E-state index contributed by atoms with van der Waals surface area (Å²) in [7, 11) is 0. The molecule has 2 aromatic carbocycles. The van der Waals surface area contributed by atoms with Crippen molar-refractivity contribution < 1.29 is 9.90 Å². The van der Waals surface area contributed by atoms with Crippen LogP contribution in [0.25, 0.3) is 16.6 Å². The van der Waals surface area contributed by atoms with E-state index in [9.17, 15) is 14.7 Å². The summed E-state index contributed by atoms with van der Waals surface area (Å²) >= 11 is 2.00. The van der Waals surface area contributed by atoms with E-state index in [1.165, 1.54) is 23.0 Å². The van der Waals surface area contributed by atoms with Crippen molar-refractivity contribution in [3.05, 3.63) is 67.3 Å². The second kappa shape index (κ2) is 5.77. The van der Waals surface area contributed by atoms with Gasteiger partial charge in [0.15, 0.2) is 0 Å². The maximum absolute atomic E-state index is 12.8. The lowest BCUT2D eigenvalue weighted by atomic mass is 10.1. The van der Waals surface area contributed by atoms with Gasteiger partial charge in [-0.05, 0) is 60.2 Å². The molecule has 1 heterocycles. The number of fused-ring (bicyclic) bond motifs is 1. The number of nitrogens with zero attached hydrogens (tertiary/aromatic N) is 2. The third-order valence-electron chi connectivity index (χ3n) is 3.67. The van der Waals surface area contributed by atoms with Crippen molar-refractivity contribution in [1.29, 1.82) is 0 Å². The van der Waals surface area contributed by atoms with Crippen LogP contribution in [-0.2, 0) is 0 Å². The maximum Gasteiger partial charge on any atom is 0.335 e. The first-order valence-corrected chi connectivity index (χ1v) is 7.98. The standard InChI is InChI=1S/C17H13IN2O3/c1-9-3-4-14(10(2)5-9)20-8-19-15-12(16(20)21)6-11(17(22)23)7-13(15)18/h3-8H,1-2H3,(H,22,23). The molecule has 0 saturated carbocycles. The van der Waals surface area contributed by atoms with Crippen molar-refractivity contribution in [3.63, 3.8) is 0 Å². The Labute approximate surface area is 145 Å². The van der Waals surface area contributed by atoms with Crippen LogP contribution in [0, 0.1) is 17.4 Å². The lowest BCUT2D eigenvalue weighted by Crippen LogP contribution is -2.20. The van der Waals surface area contributed by atoms with Crippen molar-refractivity contribution in [2.45, 2.75) is 13.8 Å². The number of rotatable bonds is 2. The minimum Gasteiger partial charge on any atom is -0.478 e. The van der Waals surface area contributed by atoms with Crippen LogP contribution in [0.1, 0.15) is 21.5 Å². The first-order valence-electron chi connectivity index (χ1n) is 6.90. The Kier molecular flexibility index (Phi) is 3.93. The Morgan fingerprint density at radius 1 is 1.22 bits per heavy atom. The summed E-state index contributed by atoms with van der Waals surface area (Å²) in [6, 6.07) is 8.68. The molecule has 0 bridgehead atoms. The van der Waals surface area contributed by atoms with Crippen molar-refractivity contribution in [1.82, 2.24) is 9.55 Å². The highest BCUT2D eigenvalue weighted by molar-refractivity contribution is 14.1. The molecule has 0 spiro atoms. The van der Waals surface area contributed by atoms with Crippen molar-refractivity contribution in [2.24, 2.45) is 0 Å². The molecule has 0 radical (unpaired) electrons. The SMILES string of the molecule is Cc1ccc(-n2cnc3c(I)cc(C(=O)O)cc3c2=O)c(C)c1. The van der Waals surface area contributed by atoms with Crippen LogP contribution in [0.2, 0.25) is 0 Å². The number of carbonyl (C=O) groups is 1. The number of benzene rings is 2. The Morgan fingerprint density at radius 3 is 2.61 bits per heavy atom. The van der Waals surface area contributed by atoms with Crippen molar-refractivity contribution in [2.75, 3.05) is 0 Å². The molecule has 3 rings (SSSR count). The summed E-state index contributed by atoms with van der Waals surface area (Å²) in [6.07, 6.45) is 1.49. The smallest absolute Gasteiger partial charge is 0.335 e. The van der Waals surface area contributed by atoms with Gasteiger partial charge in [0.05, 0.1) is 22.2 Å². The van der Waals surface area contributed by atoms with E-state index in [-0.39, 0.29) is 11.1 Å². The quantitative estimate of drug-likeness (QED) is 0.646. The van der Waals surface area contributed by atoms with Gasteiger partial charge in [-0.1, -0.05) is 17.7 Å². The van der Waals surface area contributed by atoms with E-state index in [1.807, 2.05) is 54.6 Å². The molecule has 0 aliphatic heterocycles. The Hall–Kier alpha value is -2.22. The zero-order valence-electron chi connectivity index (χ0n) is 12.5. The number of hydrogen-bond acceptors (Lipinski definition) is 3. The Bertz CT molecular complexity index is 1010. The highest BCUT2D eigenvalue weighted by atomic mass is 127. The number of hydrogen-bond donors (Lipinski definition) is 1. The number of aryl methyl sites for hydroxylation is 2. The van der Waals surface area contributed by atoms with Gasteiger partial charge in [0.2, 0.25) is 0 Å². The van der Waals surface area contributed by atoms with E-state index in [2.05, 4.69) is 4.98 Å². The molecule has 0 aliphatic rings. The lowest BCUT2D eigenvalue weighted by molar-refractivity contribution is 0.0697. The summed E-state index contributed by atoms with van der Waals surface area (Å²) in [6.45, 7) is 3.91. The monoisotopic (exact) mass is 420 g/mol. The molecule has 0 atom stereocenters. The molecule has 1 N–H and O–H groups in total. The minimum atomic E-state index is -1.06. The largest absolute Gasteiger partial charge is 0.478 e. The van der Waals surface area contributed by atoms with Crippen LogP contribution in [0.4, 0.5) is 0 Å². The summed E-state index contributed by atoms with van der Waals surface area (Å²) in [5.74, 6) is -1.06.